The van der Waals surface area contributed by atoms with Crippen LogP contribution in [-0.4, -0.2) is 24.8 Å². The maximum Gasteiger partial charge on any atom is 0.407 e. The van der Waals surface area contributed by atoms with Gasteiger partial charge in [-0.1, -0.05) is 0 Å². The van der Waals surface area contributed by atoms with Crippen molar-refractivity contribution in [3.63, 3.8) is 0 Å². The summed E-state index contributed by atoms with van der Waals surface area (Å²) >= 11 is 5.18. The highest BCUT2D eigenvalue weighted by atomic mass is 79.9. The SMILES string of the molecule is Cc1sc(C(CN)CNC(=O)OC(C)(C)C)cc1Br. The van der Waals surface area contributed by atoms with Crippen molar-refractivity contribution in [1.82, 2.24) is 5.32 Å². The van der Waals surface area contributed by atoms with Crippen molar-refractivity contribution in [3.8, 4) is 0 Å². The highest BCUT2D eigenvalue weighted by Crippen LogP contribution is 2.31. The van der Waals surface area contributed by atoms with Crippen LogP contribution in [0, 0.1) is 6.92 Å². The molecule has 1 unspecified atom stereocenters. The maximum absolute atomic E-state index is 11.6. The molecular formula is C13H21BrN2O2S. The average molecular weight is 349 g/mol. The lowest BCUT2D eigenvalue weighted by Gasteiger charge is -2.21. The Hall–Kier alpha value is -0.590. The number of rotatable bonds is 4. The van der Waals surface area contributed by atoms with Gasteiger partial charge in [-0.05, 0) is 49.7 Å². The zero-order valence-electron chi connectivity index (χ0n) is 11.7. The Morgan fingerprint density at radius 1 is 1.58 bits per heavy atom. The number of thiophene rings is 1. The van der Waals surface area contributed by atoms with E-state index in [1.54, 1.807) is 11.3 Å². The van der Waals surface area contributed by atoms with E-state index >= 15 is 0 Å². The number of nitrogens with one attached hydrogen (secondary N) is 1. The van der Waals surface area contributed by atoms with E-state index in [0.29, 0.717) is 13.1 Å². The number of ether oxygens (including phenoxy) is 1. The largest absolute Gasteiger partial charge is 0.444 e. The fourth-order valence-corrected chi connectivity index (χ4v) is 3.18. The first-order valence-electron chi connectivity index (χ1n) is 6.15. The normalized spacial score (nSPS) is 13.2. The van der Waals surface area contributed by atoms with Crippen molar-refractivity contribution in [2.24, 2.45) is 5.73 Å². The zero-order valence-corrected chi connectivity index (χ0v) is 14.2. The van der Waals surface area contributed by atoms with Crippen LogP contribution in [0.2, 0.25) is 0 Å². The number of alkyl carbamates (subject to hydrolysis) is 1. The van der Waals surface area contributed by atoms with E-state index in [0.717, 1.165) is 4.47 Å². The summed E-state index contributed by atoms with van der Waals surface area (Å²) in [5.74, 6) is 0.113. The lowest BCUT2D eigenvalue weighted by atomic mass is 10.1. The van der Waals surface area contributed by atoms with E-state index in [4.69, 9.17) is 10.5 Å². The number of hydrogen-bond acceptors (Lipinski definition) is 4. The monoisotopic (exact) mass is 348 g/mol. The van der Waals surface area contributed by atoms with E-state index in [-0.39, 0.29) is 5.92 Å². The van der Waals surface area contributed by atoms with Crippen LogP contribution in [-0.2, 0) is 4.74 Å². The fourth-order valence-electron chi connectivity index (χ4n) is 1.50. The Kier molecular flexibility index (Phi) is 5.82. The molecule has 1 atom stereocenters. The van der Waals surface area contributed by atoms with E-state index in [1.807, 2.05) is 27.7 Å². The van der Waals surface area contributed by atoms with Crippen molar-refractivity contribution in [3.05, 3.63) is 20.3 Å². The predicted molar refractivity (Wildman–Crippen MR) is 82.8 cm³/mol. The zero-order chi connectivity index (χ0) is 14.6. The molecule has 0 fully saturated rings. The van der Waals surface area contributed by atoms with Crippen LogP contribution in [0.4, 0.5) is 4.79 Å². The molecule has 0 aliphatic rings. The van der Waals surface area contributed by atoms with Gasteiger partial charge in [0.1, 0.15) is 5.60 Å². The molecule has 0 aromatic carbocycles. The summed E-state index contributed by atoms with van der Waals surface area (Å²) in [5, 5.41) is 2.77. The minimum atomic E-state index is -0.481. The number of carbonyl (C=O) groups excluding carboxylic acids is 1. The van der Waals surface area contributed by atoms with Gasteiger partial charge < -0.3 is 15.8 Å². The number of carbonyl (C=O) groups is 1. The van der Waals surface area contributed by atoms with Gasteiger partial charge in [-0.25, -0.2) is 4.79 Å². The highest BCUT2D eigenvalue weighted by Gasteiger charge is 2.19. The molecular weight excluding hydrogens is 328 g/mol. The van der Waals surface area contributed by atoms with Crippen LogP contribution in [0.15, 0.2) is 10.5 Å². The van der Waals surface area contributed by atoms with Gasteiger partial charge in [0.25, 0.3) is 0 Å². The molecule has 19 heavy (non-hydrogen) atoms. The summed E-state index contributed by atoms with van der Waals surface area (Å²) in [5.41, 5.74) is 5.30. The first kappa shape index (κ1) is 16.5. The third-order valence-corrected chi connectivity index (χ3v) is 4.75. The first-order chi connectivity index (χ1) is 8.73. The second-order valence-corrected chi connectivity index (χ2v) is 7.51. The van der Waals surface area contributed by atoms with Crippen LogP contribution in [0.5, 0.6) is 0 Å². The summed E-state index contributed by atoms with van der Waals surface area (Å²) in [6.07, 6.45) is -0.404. The van der Waals surface area contributed by atoms with Crippen molar-refractivity contribution >= 4 is 33.4 Å². The van der Waals surface area contributed by atoms with Crippen molar-refractivity contribution < 1.29 is 9.53 Å². The Labute approximate surface area is 126 Å². The molecule has 4 nitrogen and oxygen atoms in total. The molecule has 0 aliphatic carbocycles. The molecule has 1 aromatic rings. The smallest absolute Gasteiger partial charge is 0.407 e. The Morgan fingerprint density at radius 3 is 2.63 bits per heavy atom. The number of nitrogens with two attached hydrogens (primary N) is 1. The average Bonchev–Trinajstić information content (AvgIpc) is 2.57. The molecule has 1 heterocycles. The number of hydrogen-bond donors (Lipinski definition) is 2. The van der Waals surface area contributed by atoms with E-state index in [9.17, 15) is 4.79 Å². The molecule has 108 valence electrons. The van der Waals surface area contributed by atoms with Gasteiger partial charge >= 0.3 is 6.09 Å². The van der Waals surface area contributed by atoms with Crippen molar-refractivity contribution in [2.75, 3.05) is 13.1 Å². The van der Waals surface area contributed by atoms with E-state index < -0.39 is 11.7 Å². The summed E-state index contributed by atoms with van der Waals surface area (Å²) < 4.78 is 6.29. The third-order valence-electron chi connectivity index (χ3n) is 2.45. The molecule has 3 N–H and O–H groups in total. The van der Waals surface area contributed by atoms with Crippen LogP contribution >= 0.6 is 27.3 Å². The summed E-state index contributed by atoms with van der Waals surface area (Å²) in [7, 11) is 0. The quantitative estimate of drug-likeness (QED) is 0.876. The number of aryl methyl sites for hydroxylation is 1. The van der Waals surface area contributed by atoms with Gasteiger partial charge in [0.15, 0.2) is 0 Å². The van der Waals surface area contributed by atoms with Gasteiger partial charge in [0.2, 0.25) is 0 Å². The molecule has 0 spiro atoms. The van der Waals surface area contributed by atoms with Crippen molar-refractivity contribution in [1.29, 1.82) is 0 Å². The van der Waals surface area contributed by atoms with Crippen LogP contribution in [0.25, 0.3) is 0 Å². The Bertz CT molecular complexity index is 421. The predicted octanol–water partition coefficient (Wildman–Crippen LogP) is 3.39. The van der Waals surface area contributed by atoms with E-state index in [2.05, 4.69) is 27.3 Å². The topological polar surface area (TPSA) is 64.3 Å². The molecule has 0 aliphatic heterocycles. The lowest BCUT2D eigenvalue weighted by Crippen LogP contribution is -2.36. The molecule has 0 bridgehead atoms. The molecule has 1 rings (SSSR count). The summed E-state index contributed by atoms with van der Waals surface area (Å²) in [6.45, 7) is 8.54. The molecule has 1 amide bonds. The van der Waals surface area contributed by atoms with E-state index in [1.165, 1.54) is 9.75 Å². The number of amides is 1. The van der Waals surface area contributed by atoms with Crippen LogP contribution in [0.1, 0.15) is 36.4 Å². The van der Waals surface area contributed by atoms with Gasteiger partial charge in [-0.3, -0.25) is 0 Å². The Morgan fingerprint density at radius 2 is 2.21 bits per heavy atom. The second kappa shape index (κ2) is 6.72. The van der Waals surface area contributed by atoms with Gasteiger partial charge in [0.05, 0.1) is 0 Å². The summed E-state index contributed by atoms with van der Waals surface area (Å²) in [6, 6.07) is 2.06. The molecule has 1 aromatic heterocycles. The fraction of sp³-hybridized carbons (Fsp3) is 0.615. The van der Waals surface area contributed by atoms with Gasteiger partial charge in [0, 0.05) is 33.2 Å². The standard InChI is InChI=1S/C13H21BrN2O2S/c1-8-10(14)5-11(19-8)9(6-15)7-16-12(17)18-13(2,3)4/h5,9H,6-7,15H2,1-4H3,(H,16,17). The molecule has 0 saturated carbocycles. The summed E-state index contributed by atoms with van der Waals surface area (Å²) in [4.78, 5) is 14.0. The minimum absolute atomic E-state index is 0.113. The lowest BCUT2D eigenvalue weighted by molar-refractivity contribution is 0.0525. The minimum Gasteiger partial charge on any atom is -0.444 e. The van der Waals surface area contributed by atoms with Gasteiger partial charge in [-0.15, -0.1) is 11.3 Å². The molecule has 0 radical (unpaired) electrons. The van der Waals surface area contributed by atoms with Crippen LogP contribution < -0.4 is 11.1 Å². The van der Waals surface area contributed by atoms with Crippen LogP contribution in [0.3, 0.4) is 0 Å². The molecule has 6 heteroatoms. The number of halogens is 1. The Balaban J connectivity index is 2.56. The third kappa shape index (κ3) is 5.50. The maximum atomic E-state index is 11.6. The molecule has 0 saturated heterocycles. The first-order valence-corrected chi connectivity index (χ1v) is 7.76. The van der Waals surface area contributed by atoms with Crippen molar-refractivity contribution in [2.45, 2.75) is 39.2 Å². The van der Waals surface area contributed by atoms with Gasteiger partial charge in [-0.2, -0.15) is 0 Å². The second-order valence-electron chi connectivity index (χ2n) is 5.37. The highest BCUT2D eigenvalue weighted by molar-refractivity contribution is 9.10.